The molecule has 0 atom stereocenters. The monoisotopic (exact) mass is 503 g/mol. The zero-order chi connectivity index (χ0) is 24.2. The van der Waals surface area contributed by atoms with Crippen LogP contribution in [0, 0.1) is 0 Å². The van der Waals surface area contributed by atoms with E-state index in [2.05, 4.69) is 25.9 Å². The smallest absolute Gasteiger partial charge is 0.323 e. The van der Waals surface area contributed by atoms with Crippen LogP contribution in [0.25, 0.3) is 16.9 Å². The largest absolute Gasteiger partial charge is 0.363 e. The van der Waals surface area contributed by atoms with Crippen LogP contribution in [0.5, 0.6) is 0 Å². The van der Waals surface area contributed by atoms with Crippen LogP contribution < -0.4 is 16.0 Å². The summed E-state index contributed by atoms with van der Waals surface area (Å²) in [7, 11) is 0. The topological polar surface area (TPSA) is 96.2 Å². The number of aromatic nitrogens is 4. The Kier molecular flexibility index (Phi) is 6.47. The molecule has 0 radical (unpaired) electrons. The molecular weight excluding hydrogens is 485 g/mol. The van der Waals surface area contributed by atoms with Crippen LogP contribution in [0.4, 0.5) is 22.0 Å². The maximum atomic E-state index is 12.5. The van der Waals surface area contributed by atoms with E-state index in [1.165, 1.54) is 0 Å². The molecule has 3 N–H and O–H groups in total. The Hall–Kier alpha value is -4.14. The van der Waals surface area contributed by atoms with Crippen molar-refractivity contribution in [2.24, 2.45) is 0 Å². The SMILES string of the molecule is O=C(Nc1cccc(-c2cn3ccnc3c(NCc3ccncc3)n2)c1)Nc1ccc(Cl)c(Cl)c1. The highest BCUT2D eigenvalue weighted by molar-refractivity contribution is 6.42. The molecule has 174 valence electrons. The summed E-state index contributed by atoms with van der Waals surface area (Å²) in [6, 6.07) is 15.8. The summed E-state index contributed by atoms with van der Waals surface area (Å²) < 4.78 is 1.91. The third-order valence-electron chi connectivity index (χ3n) is 5.18. The predicted molar refractivity (Wildman–Crippen MR) is 139 cm³/mol. The Bertz CT molecular complexity index is 1500. The highest BCUT2D eigenvalue weighted by Crippen LogP contribution is 2.26. The lowest BCUT2D eigenvalue weighted by atomic mass is 10.1. The van der Waals surface area contributed by atoms with Crippen molar-refractivity contribution in [3.63, 3.8) is 0 Å². The number of pyridine rings is 1. The number of benzene rings is 2. The van der Waals surface area contributed by atoms with E-state index in [9.17, 15) is 4.79 Å². The van der Waals surface area contributed by atoms with E-state index in [1.54, 1.807) is 42.9 Å². The molecule has 0 aliphatic heterocycles. The standard InChI is InChI=1S/C25H19Cl2N7O/c26-20-5-4-19(13-21(20)27)32-25(35)31-18-3-1-2-17(12-18)22-15-34-11-10-29-24(34)23(33-22)30-14-16-6-8-28-9-7-16/h1-13,15H,14H2,(H,30,33)(H2,31,32,35). The molecule has 0 aliphatic rings. The molecule has 3 heterocycles. The molecule has 0 bridgehead atoms. The molecule has 0 unspecified atom stereocenters. The zero-order valence-electron chi connectivity index (χ0n) is 18.2. The minimum absolute atomic E-state index is 0.362. The number of hydrogen-bond acceptors (Lipinski definition) is 5. The summed E-state index contributed by atoms with van der Waals surface area (Å²) in [6.07, 6.45) is 8.99. The van der Waals surface area contributed by atoms with Crippen LogP contribution in [0.2, 0.25) is 10.0 Å². The fourth-order valence-electron chi connectivity index (χ4n) is 3.50. The van der Waals surface area contributed by atoms with Gasteiger partial charge in [0.25, 0.3) is 0 Å². The summed E-state index contributed by atoms with van der Waals surface area (Å²) in [5, 5.41) is 9.72. The number of fused-ring (bicyclic) bond motifs is 1. The highest BCUT2D eigenvalue weighted by Gasteiger charge is 2.11. The Balaban J connectivity index is 1.36. The van der Waals surface area contributed by atoms with E-state index in [0.29, 0.717) is 33.8 Å². The Morgan fingerprint density at radius 1 is 0.914 bits per heavy atom. The number of imidazole rings is 1. The molecule has 3 aromatic heterocycles. The van der Waals surface area contributed by atoms with Crippen LogP contribution in [0.3, 0.4) is 0 Å². The van der Waals surface area contributed by atoms with Crippen molar-refractivity contribution >= 4 is 52.1 Å². The first-order valence-corrected chi connectivity index (χ1v) is 11.4. The molecule has 5 aromatic rings. The molecule has 0 aliphatic carbocycles. The van der Waals surface area contributed by atoms with Gasteiger partial charge >= 0.3 is 6.03 Å². The third-order valence-corrected chi connectivity index (χ3v) is 5.92. The van der Waals surface area contributed by atoms with Gasteiger partial charge in [0.2, 0.25) is 0 Å². The Morgan fingerprint density at radius 3 is 2.51 bits per heavy atom. The van der Waals surface area contributed by atoms with Crippen LogP contribution in [-0.2, 0) is 6.54 Å². The van der Waals surface area contributed by atoms with Crippen molar-refractivity contribution in [2.75, 3.05) is 16.0 Å². The molecule has 0 fully saturated rings. The second kappa shape index (κ2) is 10.0. The van der Waals surface area contributed by atoms with E-state index in [4.69, 9.17) is 28.2 Å². The van der Waals surface area contributed by atoms with Crippen molar-refractivity contribution < 1.29 is 4.79 Å². The lowest BCUT2D eigenvalue weighted by Gasteiger charge is -2.12. The molecule has 2 amide bonds. The normalized spacial score (nSPS) is 10.8. The van der Waals surface area contributed by atoms with Crippen molar-refractivity contribution in [3.8, 4) is 11.3 Å². The van der Waals surface area contributed by atoms with Gasteiger partial charge in [-0.05, 0) is 48.0 Å². The fourth-order valence-corrected chi connectivity index (χ4v) is 3.80. The highest BCUT2D eigenvalue weighted by atomic mass is 35.5. The molecule has 0 saturated carbocycles. The lowest BCUT2D eigenvalue weighted by molar-refractivity contribution is 0.262. The number of rotatable bonds is 6. The summed E-state index contributed by atoms with van der Waals surface area (Å²) in [5.74, 6) is 0.653. The Labute approximate surface area is 211 Å². The fraction of sp³-hybridized carbons (Fsp3) is 0.0400. The molecule has 2 aromatic carbocycles. The first-order valence-electron chi connectivity index (χ1n) is 10.7. The van der Waals surface area contributed by atoms with Gasteiger partial charge in [0.1, 0.15) is 0 Å². The number of carbonyl (C=O) groups is 1. The second-order valence-electron chi connectivity index (χ2n) is 7.63. The number of nitrogens with zero attached hydrogens (tertiary/aromatic N) is 4. The van der Waals surface area contributed by atoms with E-state index >= 15 is 0 Å². The van der Waals surface area contributed by atoms with Crippen LogP contribution in [0.1, 0.15) is 5.56 Å². The summed E-state index contributed by atoms with van der Waals surface area (Å²) >= 11 is 12.0. The van der Waals surface area contributed by atoms with E-state index in [0.717, 1.165) is 22.5 Å². The number of amides is 2. The van der Waals surface area contributed by atoms with Gasteiger partial charge in [-0.15, -0.1) is 0 Å². The Morgan fingerprint density at radius 2 is 1.71 bits per heavy atom. The van der Waals surface area contributed by atoms with Gasteiger partial charge in [-0.3, -0.25) is 4.98 Å². The lowest BCUT2D eigenvalue weighted by Crippen LogP contribution is -2.19. The van der Waals surface area contributed by atoms with Gasteiger partial charge in [0.15, 0.2) is 11.5 Å². The quantitative estimate of drug-likeness (QED) is 0.250. The zero-order valence-corrected chi connectivity index (χ0v) is 19.8. The minimum atomic E-state index is -0.404. The first-order chi connectivity index (χ1) is 17.0. The molecule has 5 rings (SSSR count). The molecule has 8 nitrogen and oxygen atoms in total. The molecule has 10 heteroatoms. The van der Waals surface area contributed by atoms with Crippen molar-refractivity contribution in [1.29, 1.82) is 0 Å². The number of carbonyl (C=O) groups excluding carboxylic acids is 1. The van der Waals surface area contributed by atoms with Gasteiger partial charge < -0.3 is 20.4 Å². The summed E-state index contributed by atoms with van der Waals surface area (Å²) in [5.41, 5.74) is 4.50. The van der Waals surface area contributed by atoms with Crippen LogP contribution in [-0.4, -0.2) is 25.4 Å². The number of halogens is 2. The molecule has 0 spiro atoms. The van der Waals surface area contributed by atoms with Crippen molar-refractivity contribution in [2.45, 2.75) is 6.54 Å². The average molecular weight is 504 g/mol. The molecule has 0 saturated heterocycles. The van der Waals surface area contributed by atoms with Crippen molar-refractivity contribution in [1.82, 2.24) is 19.4 Å². The third kappa shape index (κ3) is 5.34. The molecular formula is C25H19Cl2N7O. The maximum Gasteiger partial charge on any atom is 0.323 e. The predicted octanol–water partition coefficient (Wildman–Crippen LogP) is 6.35. The van der Waals surface area contributed by atoms with Crippen LogP contribution >= 0.6 is 23.2 Å². The van der Waals surface area contributed by atoms with Gasteiger partial charge in [0.05, 0.1) is 15.7 Å². The van der Waals surface area contributed by atoms with Gasteiger partial charge in [-0.25, -0.2) is 14.8 Å². The van der Waals surface area contributed by atoms with Crippen molar-refractivity contribution in [3.05, 3.63) is 101 Å². The number of urea groups is 1. The number of hydrogen-bond donors (Lipinski definition) is 3. The second-order valence-corrected chi connectivity index (χ2v) is 8.45. The average Bonchev–Trinajstić information content (AvgIpc) is 3.34. The van der Waals surface area contributed by atoms with E-state index in [-0.39, 0.29) is 0 Å². The van der Waals surface area contributed by atoms with Gasteiger partial charge in [0, 0.05) is 54.5 Å². The van der Waals surface area contributed by atoms with Crippen LogP contribution in [0.15, 0.2) is 85.6 Å². The summed E-state index contributed by atoms with van der Waals surface area (Å²) in [6.45, 7) is 0.581. The van der Waals surface area contributed by atoms with Gasteiger partial charge in [-0.2, -0.15) is 0 Å². The van der Waals surface area contributed by atoms with Gasteiger partial charge in [-0.1, -0.05) is 35.3 Å². The summed E-state index contributed by atoms with van der Waals surface area (Å²) in [4.78, 5) is 25.8. The van der Waals surface area contributed by atoms with E-state index in [1.807, 2.05) is 47.1 Å². The number of anilines is 3. The number of nitrogens with one attached hydrogen (secondary N) is 3. The minimum Gasteiger partial charge on any atom is -0.363 e. The molecule has 35 heavy (non-hydrogen) atoms. The first kappa shape index (κ1) is 22.6. The maximum absolute atomic E-state index is 12.5. The van der Waals surface area contributed by atoms with E-state index < -0.39 is 6.03 Å².